The van der Waals surface area contributed by atoms with Crippen molar-refractivity contribution in [1.29, 1.82) is 0 Å². The first-order valence-electron chi connectivity index (χ1n) is 17.0. The molecule has 8 rings (SSSR count). The van der Waals surface area contributed by atoms with Gasteiger partial charge in [0.05, 0.1) is 23.4 Å². The van der Waals surface area contributed by atoms with Gasteiger partial charge in [0.15, 0.2) is 31.8 Å². The van der Waals surface area contributed by atoms with E-state index in [1.165, 1.54) is 12.5 Å². The van der Waals surface area contributed by atoms with Crippen LogP contribution in [-0.4, -0.2) is 35.1 Å². The molecule has 0 saturated heterocycles. The molecule has 6 aromatic carbocycles. The Labute approximate surface area is 314 Å². The lowest BCUT2D eigenvalue weighted by Crippen LogP contribution is -2.03. The molecule has 10 heteroatoms. The van der Waals surface area contributed by atoms with E-state index < -0.39 is 20.9 Å². The highest BCUT2D eigenvalue weighted by Gasteiger charge is 2.11. The molecule has 1 atom stereocenters. The Morgan fingerprint density at radius 1 is 0.556 bits per heavy atom. The summed E-state index contributed by atoms with van der Waals surface area (Å²) in [5.74, 6) is -0.0908. The first kappa shape index (κ1) is 36.4. The van der Waals surface area contributed by atoms with Crippen LogP contribution in [0.15, 0.2) is 155 Å². The minimum Gasteiger partial charge on any atom is -0.289 e. The molecule has 8 nitrogen and oxygen atoms in total. The van der Waals surface area contributed by atoms with Gasteiger partial charge in [-0.2, -0.15) is 0 Å². The molecule has 0 aliphatic carbocycles. The van der Waals surface area contributed by atoms with Gasteiger partial charge >= 0.3 is 0 Å². The maximum absolute atomic E-state index is 13.2. The summed E-state index contributed by atoms with van der Waals surface area (Å²) in [6, 6.07) is 41.6. The number of hydrogen-bond acceptors (Lipinski definition) is 8. The first-order chi connectivity index (χ1) is 26.0. The highest BCUT2D eigenvalue weighted by molar-refractivity contribution is 7.89. The monoisotopic (exact) mass is 750 g/mol. The summed E-state index contributed by atoms with van der Waals surface area (Å²) >= 11 is -1.35. The van der Waals surface area contributed by atoms with Crippen molar-refractivity contribution in [1.82, 2.24) is 9.97 Å². The van der Waals surface area contributed by atoms with Crippen LogP contribution in [0.5, 0.6) is 0 Å². The van der Waals surface area contributed by atoms with Gasteiger partial charge in [-0.15, -0.1) is 0 Å². The zero-order chi connectivity index (χ0) is 37.8. The van der Waals surface area contributed by atoms with Crippen molar-refractivity contribution in [3.8, 4) is 22.3 Å². The van der Waals surface area contributed by atoms with E-state index in [4.69, 9.17) is 4.18 Å². The normalized spacial score (nSPS) is 12.0. The summed E-state index contributed by atoms with van der Waals surface area (Å²) in [6.45, 7) is 0.197. The number of nitrogens with zero attached hydrogens (tertiary/aromatic N) is 2. The number of aromatic nitrogens is 2. The van der Waals surface area contributed by atoms with Crippen LogP contribution in [-0.2, 0) is 37.5 Å². The van der Waals surface area contributed by atoms with E-state index in [9.17, 15) is 22.2 Å². The smallest absolute Gasteiger partial charge is 0.195 e. The first-order valence-corrected chi connectivity index (χ1v) is 20.5. The number of fused-ring (bicyclic) bond motifs is 4. The zero-order valence-electron chi connectivity index (χ0n) is 29.4. The van der Waals surface area contributed by atoms with Gasteiger partial charge < -0.3 is 0 Å². The van der Waals surface area contributed by atoms with E-state index in [-0.39, 0.29) is 23.2 Å². The molecular weight excluding hydrogens is 717 g/mol. The molecule has 8 aromatic rings. The van der Waals surface area contributed by atoms with E-state index in [1.54, 1.807) is 36.7 Å². The van der Waals surface area contributed by atoms with Gasteiger partial charge in [0.1, 0.15) is 0 Å². The Morgan fingerprint density at radius 3 is 1.46 bits per heavy atom. The van der Waals surface area contributed by atoms with Gasteiger partial charge in [-0.05, 0) is 69.4 Å². The van der Waals surface area contributed by atoms with Crippen molar-refractivity contribution in [2.24, 2.45) is 0 Å². The number of sulfone groups is 1. The lowest BCUT2D eigenvalue weighted by molar-refractivity contribution is 0.340. The standard InChI is InChI=1S/2C22H17NO3S/c1-27(25,26)14-15-7-8-17-9-10-21-20(22(24)19(17)11-15)12-18(13-23-21)16-5-3-2-4-6-16;1-27(25)26-14-15-7-8-17-9-10-21-20(22(24)19(17)11-15)12-18(13-23-21)16-5-3-2-4-6-16/h2*2-13H,14H2,1H3. The Balaban J connectivity index is 0.000000167. The quantitative estimate of drug-likeness (QED) is 0.160. The lowest BCUT2D eigenvalue weighted by atomic mass is 10.1. The second kappa shape index (κ2) is 15.6. The van der Waals surface area contributed by atoms with E-state index in [2.05, 4.69) is 9.97 Å². The van der Waals surface area contributed by atoms with Gasteiger partial charge in [0.25, 0.3) is 0 Å². The molecule has 0 amide bonds. The van der Waals surface area contributed by atoms with Crippen LogP contribution in [0.2, 0.25) is 0 Å². The molecule has 2 aromatic heterocycles. The van der Waals surface area contributed by atoms with Crippen molar-refractivity contribution in [2.45, 2.75) is 12.4 Å². The van der Waals surface area contributed by atoms with Crippen molar-refractivity contribution in [3.63, 3.8) is 0 Å². The largest absolute Gasteiger partial charge is 0.289 e. The Kier molecular flexibility index (Phi) is 10.5. The Morgan fingerprint density at radius 2 is 1.00 bits per heavy atom. The van der Waals surface area contributed by atoms with Crippen LogP contribution in [0.1, 0.15) is 11.1 Å². The molecule has 0 aliphatic heterocycles. The summed E-state index contributed by atoms with van der Waals surface area (Å²) in [7, 11) is -3.18. The number of rotatable bonds is 7. The van der Waals surface area contributed by atoms with Gasteiger partial charge in [-0.3, -0.25) is 23.7 Å². The molecule has 268 valence electrons. The molecule has 1 unspecified atom stereocenters. The minimum absolute atomic E-state index is 0.0743. The molecular formula is C44H34N2O6S2. The van der Waals surface area contributed by atoms with E-state index in [0.29, 0.717) is 38.1 Å². The molecule has 0 radical (unpaired) electrons. The fourth-order valence-corrected chi connectivity index (χ4v) is 7.40. The van der Waals surface area contributed by atoms with Crippen LogP contribution in [0.3, 0.4) is 0 Å². The van der Waals surface area contributed by atoms with Crippen LogP contribution >= 0.6 is 0 Å². The Bertz CT molecular complexity index is 2960. The van der Waals surface area contributed by atoms with Gasteiger partial charge in [-0.1, -0.05) is 97.1 Å². The number of pyridine rings is 2. The van der Waals surface area contributed by atoms with E-state index >= 15 is 0 Å². The third-order valence-corrected chi connectivity index (χ3v) is 10.2. The van der Waals surface area contributed by atoms with Gasteiger partial charge in [0.2, 0.25) is 0 Å². The summed E-state index contributed by atoms with van der Waals surface area (Å²) < 4.78 is 39.5. The Hall–Kier alpha value is -5.94. The molecule has 54 heavy (non-hydrogen) atoms. The highest BCUT2D eigenvalue weighted by atomic mass is 32.2. The number of benzene rings is 4. The summed E-state index contributed by atoms with van der Waals surface area (Å²) in [4.78, 5) is 35.4. The van der Waals surface area contributed by atoms with Crippen molar-refractivity contribution >= 4 is 64.3 Å². The van der Waals surface area contributed by atoms with Gasteiger partial charge in [-0.25, -0.2) is 12.6 Å². The SMILES string of the molecule is CS(=O)(=O)Cc1ccc2ccc3ncc(-c4ccccc4)cc3c(=O)c2c1.CS(=O)OCc1ccc2ccc3ncc(-c4ccccc4)cc3c(=O)c2c1. The highest BCUT2D eigenvalue weighted by Crippen LogP contribution is 2.24. The molecule has 0 spiro atoms. The molecule has 0 fully saturated rings. The second-order valence-electron chi connectivity index (χ2n) is 12.9. The average molecular weight is 751 g/mol. The second-order valence-corrected chi connectivity index (χ2v) is 16.1. The molecule has 0 N–H and O–H groups in total. The summed E-state index contributed by atoms with van der Waals surface area (Å²) in [5, 5.41) is 3.78. The third-order valence-electron chi connectivity index (χ3n) is 8.93. The van der Waals surface area contributed by atoms with Crippen LogP contribution < -0.4 is 10.9 Å². The topological polar surface area (TPSA) is 120 Å². The molecule has 0 aliphatic rings. The summed E-state index contributed by atoms with van der Waals surface area (Å²) in [6.07, 6.45) is 6.21. The van der Waals surface area contributed by atoms with E-state index in [0.717, 1.165) is 38.6 Å². The van der Waals surface area contributed by atoms with E-state index in [1.807, 2.05) is 109 Å². The number of hydrogen-bond donors (Lipinski definition) is 0. The van der Waals surface area contributed by atoms with Crippen molar-refractivity contribution in [2.75, 3.05) is 12.5 Å². The molecule has 0 bridgehead atoms. The zero-order valence-corrected chi connectivity index (χ0v) is 31.1. The predicted molar refractivity (Wildman–Crippen MR) is 219 cm³/mol. The van der Waals surface area contributed by atoms with Crippen LogP contribution in [0.25, 0.3) is 65.6 Å². The minimum atomic E-state index is -3.18. The van der Waals surface area contributed by atoms with Crippen LogP contribution in [0, 0.1) is 0 Å². The molecule has 2 heterocycles. The van der Waals surface area contributed by atoms with Crippen LogP contribution in [0.4, 0.5) is 0 Å². The molecule has 0 saturated carbocycles. The average Bonchev–Trinajstić information content (AvgIpc) is 3.40. The maximum Gasteiger partial charge on any atom is 0.195 e. The summed E-state index contributed by atoms with van der Waals surface area (Å²) in [5.41, 5.74) is 6.23. The van der Waals surface area contributed by atoms with Crippen molar-refractivity contribution in [3.05, 3.63) is 177 Å². The van der Waals surface area contributed by atoms with Crippen molar-refractivity contribution < 1.29 is 16.8 Å². The lowest BCUT2D eigenvalue weighted by Gasteiger charge is -2.02. The predicted octanol–water partition coefficient (Wildman–Crippen LogP) is 8.19. The van der Waals surface area contributed by atoms with Gasteiger partial charge in [0, 0.05) is 57.6 Å². The third kappa shape index (κ3) is 8.31. The fraction of sp³-hybridized carbons (Fsp3) is 0.0909. The fourth-order valence-electron chi connectivity index (χ4n) is 6.31. The maximum atomic E-state index is 13.2.